The van der Waals surface area contributed by atoms with Crippen LogP contribution in [0, 0.1) is 35.5 Å². The molecule has 1 heteroatoms. The Balaban J connectivity index is 0. The van der Waals surface area contributed by atoms with Crippen molar-refractivity contribution in [3.05, 3.63) is 12.7 Å². The summed E-state index contributed by atoms with van der Waals surface area (Å²) in [4.78, 5) is 0. The molecule has 0 amide bonds. The van der Waals surface area contributed by atoms with Gasteiger partial charge in [-0.25, -0.2) is 0 Å². The molecule has 3 aliphatic rings. The Morgan fingerprint density at radius 1 is 0.652 bits per heavy atom. The van der Waals surface area contributed by atoms with Gasteiger partial charge in [-0.3, -0.25) is 0 Å². The topological polar surface area (TPSA) is 31.5 Å². The van der Waals surface area contributed by atoms with E-state index in [-0.39, 0.29) is 15.8 Å². The van der Waals surface area contributed by atoms with Gasteiger partial charge in [0, 0.05) is 2.85 Å². The SMILES string of the molecule is C.C=CC1CCC(C2CCC(C3CCC(C)CC3)CC2)CC1.O.[HH].[HH]. The van der Waals surface area contributed by atoms with Crippen molar-refractivity contribution < 1.29 is 8.33 Å². The van der Waals surface area contributed by atoms with E-state index in [0.717, 1.165) is 35.5 Å². The Morgan fingerprint density at radius 2 is 0.957 bits per heavy atom. The van der Waals surface area contributed by atoms with Crippen LogP contribution >= 0.6 is 0 Å². The van der Waals surface area contributed by atoms with Crippen LogP contribution in [0.5, 0.6) is 0 Å². The highest BCUT2D eigenvalue weighted by Crippen LogP contribution is 2.45. The summed E-state index contributed by atoms with van der Waals surface area (Å²) >= 11 is 0. The molecule has 0 saturated heterocycles. The normalized spacial score (nSPS) is 41.3. The second-order valence-electron chi connectivity index (χ2n) is 8.61. The van der Waals surface area contributed by atoms with E-state index in [4.69, 9.17) is 0 Å². The summed E-state index contributed by atoms with van der Waals surface area (Å²) in [5.41, 5.74) is 0. The fourth-order valence-electron chi connectivity index (χ4n) is 5.70. The van der Waals surface area contributed by atoms with E-state index in [1.54, 1.807) is 38.5 Å². The third-order valence-electron chi connectivity index (χ3n) is 7.36. The summed E-state index contributed by atoms with van der Waals surface area (Å²) in [6, 6.07) is 0. The summed E-state index contributed by atoms with van der Waals surface area (Å²) in [6.45, 7) is 6.44. The summed E-state index contributed by atoms with van der Waals surface area (Å²) in [5, 5.41) is 0. The smallest absolute Gasteiger partial charge is 0 e. The predicted octanol–water partition coefficient (Wildman–Crippen LogP) is 6.91. The molecule has 0 radical (unpaired) electrons. The highest BCUT2D eigenvalue weighted by atomic mass is 16.0. The minimum absolute atomic E-state index is 0. The molecule has 0 aromatic rings. The molecule has 0 atom stereocenters. The molecule has 3 rings (SSSR count). The minimum Gasteiger partial charge on any atom is -0.412 e. The lowest BCUT2D eigenvalue weighted by atomic mass is 9.65. The molecule has 140 valence electrons. The molecule has 0 aromatic carbocycles. The average Bonchev–Trinajstić information content (AvgIpc) is 2.56. The second kappa shape index (κ2) is 9.87. The molecule has 3 saturated carbocycles. The van der Waals surface area contributed by atoms with E-state index >= 15 is 0 Å². The van der Waals surface area contributed by atoms with E-state index in [0.29, 0.717) is 0 Å². The number of hydrogen-bond donors (Lipinski definition) is 0. The Labute approximate surface area is 148 Å². The van der Waals surface area contributed by atoms with E-state index in [1.165, 1.54) is 38.5 Å². The molecule has 0 bridgehead atoms. The van der Waals surface area contributed by atoms with Crippen LogP contribution < -0.4 is 0 Å². The van der Waals surface area contributed by atoms with Gasteiger partial charge in [-0.2, -0.15) is 0 Å². The maximum atomic E-state index is 3.99. The highest BCUT2D eigenvalue weighted by molar-refractivity contribution is 4.88. The third-order valence-corrected chi connectivity index (χ3v) is 7.36. The number of hydrogen-bond acceptors (Lipinski definition) is 0. The zero-order chi connectivity index (χ0) is 14.7. The predicted molar refractivity (Wildman–Crippen MR) is 107 cm³/mol. The molecular formula is C22H46O. The van der Waals surface area contributed by atoms with Crippen LogP contribution in [0.4, 0.5) is 0 Å². The Kier molecular flexibility index (Phi) is 8.90. The van der Waals surface area contributed by atoms with Gasteiger partial charge in [0.25, 0.3) is 0 Å². The van der Waals surface area contributed by atoms with Gasteiger partial charge in [0.15, 0.2) is 0 Å². The maximum Gasteiger partial charge on any atom is 0 e. The zero-order valence-corrected chi connectivity index (χ0v) is 14.7. The summed E-state index contributed by atoms with van der Waals surface area (Å²) in [7, 11) is 0. The quantitative estimate of drug-likeness (QED) is 0.504. The highest BCUT2D eigenvalue weighted by Gasteiger charge is 2.33. The molecule has 3 fully saturated rings. The molecule has 0 heterocycles. The van der Waals surface area contributed by atoms with Crippen LogP contribution in [-0.2, 0) is 0 Å². The molecule has 0 aliphatic heterocycles. The number of rotatable bonds is 3. The lowest BCUT2D eigenvalue weighted by Gasteiger charge is -2.41. The first kappa shape index (κ1) is 20.7. The molecule has 23 heavy (non-hydrogen) atoms. The van der Waals surface area contributed by atoms with Crippen LogP contribution in [0.2, 0.25) is 0 Å². The molecule has 0 aromatic heterocycles. The standard InChI is InChI=1S/C21H36.CH4.H2O.2H2/c1-3-17-6-10-19(11-7-17)21-14-12-20(13-15-21)18-8-4-16(2)5-9-18;;;;/h3,16-21H,1,4-15H2,2H3;1H4;1H2;2*1H. The van der Waals surface area contributed by atoms with Crippen molar-refractivity contribution in [1.29, 1.82) is 0 Å². The molecule has 3 aliphatic carbocycles. The average molecular weight is 327 g/mol. The van der Waals surface area contributed by atoms with Gasteiger partial charge in [0.05, 0.1) is 0 Å². The lowest BCUT2D eigenvalue weighted by Crippen LogP contribution is -2.29. The van der Waals surface area contributed by atoms with E-state index in [1.807, 2.05) is 0 Å². The summed E-state index contributed by atoms with van der Waals surface area (Å²) in [5.74, 6) is 6.18. The largest absolute Gasteiger partial charge is 0.412 e. The minimum atomic E-state index is 0. The molecule has 2 N–H and O–H groups in total. The van der Waals surface area contributed by atoms with E-state index < -0.39 is 0 Å². The molecule has 0 spiro atoms. The lowest BCUT2D eigenvalue weighted by molar-refractivity contribution is 0.110. The van der Waals surface area contributed by atoms with Gasteiger partial charge in [0.1, 0.15) is 0 Å². The first-order chi connectivity index (χ1) is 10.3. The van der Waals surface area contributed by atoms with Gasteiger partial charge in [-0.15, -0.1) is 6.58 Å². The first-order valence-corrected chi connectivity index (χ1v) is 9.88. The fourth-order valence-corrected chi connectivity index (χ4v) is 5.70. The zero-order valence-electron chi connectivity index (χ0n) is 14.7. The van der Waals surface area contributed by atoms with Crippen LogP contribution in [0.1, 0.15) is 94.3 Å². The Bertz CT molecular complexity index is 323. The van der Waals surface area contributed by atoms with Crippen molar-refractivity contribution in [1.82, 2.24) is 0 Å². The molecule has 1 nitrogen and oxygen atoms in total. The second-order valence-corrected chi connectivity index (χ2v) is 8.61. The van der Waals surface area contributed by atoms with Crippen molar-refractivity contribution in [3.8, 4) is 0 Å². The summed E-state index contributed by atoms with van der Waals surface area (Å²) < 4.78 is 0. The number of allylic oxidation sites excluding steroid dienone is 1. The van der Waals surface area contributed by atoms with Crippen molar-refractivity contribution >= 4 is 0 Å². The van der Waals surface area contributed by atoms with Gasteiger partial charge in [0.2, 0.25) is 0 Å². The van der Waals surface area contributed by atoms with Gasteiger partial charge < -0.3 is 5.48 Å². The van der Waals surface area contributed by atoms with Crippen molar-refractivity contribution in [3.63, 3.8) is 0 Å². The van der Waals surface area contributed by atoms with Crippen molar-refractivity contribution in [2.24, 2.45) is 35.5 Å². The Hall–Kier alpha value is -0.300. The summed E-state index contributed by atoms with van der Waals surface area (Å²) in [6.07, 6.45) is 20.4. The van der Waals surface area contributed by atoms with Crippen LogP contribution in [0.25, 0.3) is 0 Å². The van der Waals surface area contributed by atoms with Crippen LogP contribution in [0.3, 0.4) is 0 Å². The van der Waals surface area contributed by atoms with Gasteiger partial charge in [-0.1, -0.05) is 33.3 Å². The molecular weight excluding hydrogens is 280 g/mol. The Morgan fingerprint density at radius 3 is 1.30 bits per heavy atom. The van der Waals surface area contributed by atoms with Gasteiger partial charge >= 0.3 is 0 Å². The monoisotopic (exact) mass is 326 g/mol. The van der Waals surface area contributed by atoms with Crippen molar-refractivity contribution in [2.75, 3.05) is 0 Å². The first-order valence-electron chi connectivity index (χ1n) is 9.88. The fraction of sp³-hybridized carbons (Fsp3) is 0.909. The van der Waals surface area contributed by atoms with Crippen molar-refractivity contribution in [2.45, 2.75) is 91.4 Å². The van der Waals surface area contributed by atoms with E-state index in [2.05, 4.69) is 19.6 Å². The van der Waals surface area contributed by atoms with Crippen LogP contribution in [-0.4, -0.2) is 5.48 Å². The van der Waals surface area contributed by atoms with Crippen LogP contribution in [0.15, 0.2) is 12.7 Å². The van der Waals surface area contributed by atoms with E-state index in [9.17, 15) is 0 Å². The van der Waals surface area contributed by atoms with Gasteiger partial charge in [-0.05, 0) is 99.7 Å². The third kappa shape index (κ3) is 5.34. The molecule has 0 unspecified atom stereocenters. The maximum absolute atomic E-state index is 3.99.